The molecule has 0 aliphatic carbocycles. The molecular formula is C21H26ClN3O2. The second kappa shape index (κ2) is 8.03. The molecule has 1 aromatic heterocycles. The second-order valence-electron chi connectivity index (χ2n) is 7.66. The Kier molecular flexibility index (Phi) is 5.50. The average molecular weight is 388 g/mol. The molecule has 0 N–H and O–H groups in total. The summed E-state index contributed by atoms with van der Waals surface area (Å²) in [7, 11) is 0. The zero-order valence-corrected chi connectivity index (χ0v) is 16.5. The van der Waals surface area contributed by atoms with Crippen LogP contribution in [-0.4, -0.2) is 46.9 Å². The van der Waals surface area contributed by atoms with Gasteiger partial charge in [-0.15, -0.1) is 0 Å². The lowest BCUT2D eigenvalue weighted by Gasteiger charge is -2.33. The number of hydrogen-bond donors (Lipinski definition) is 0. The summed E-state index contributed by atoms with van der Waals surface area (Å²) in [5.74, 6) is 2.41. The third-order valence-electron chi connectivity index (χ3n) is 5.73. The minimum Gasteiger partial charge on any atom is -0.441 e. The van der Waals surface area contributed by atoms with Gasteiger partial charge in [-0.25, -0.2) is 4.98 Å². The average Bonchev–Trinajstić information content (AvgIpc) is 3.23. The number of benzene rings is 1. The highest BCUT2D eigenvalue weighted by atomic mass is 35.5. The number of carbonyl (C=O) groups excluding carboxylic acids is 1. The predicted octanol–water partition coefficient (Wildman–Crippen LogP) is 4.14. The maximum atomic E-state index is 11.8. The van der Waals surface area contributed by atoms with Crippen LogP contribution < -0.4 is 0 Å². The Labute approximate surface area is 165 Å². The minimum absolute atomic E-state index is 0.336. The highest BCUT2D eigenvalue weighted by Crippen LogP contribution is 2.29. The Morgan fingerprint density at radius 3 is 2.70 bits per heavy atom. The fraction of sp³-hybridized carbons (Fsp3) is 0.524. The first-order valence-corrected chi connectivity index (χ1v) is 10.2. The van der Waals surface area contributed by atoms with Gasteiger partial charge < -0.3 is 9.32 Å². The van der Waals surface area contributed by atoms with Crippen molar-refractivity contribution in [2.75, 3.05) is 26.2 Å². The van der Waals surface area contributed by atoms with Crippen molar-refractivity contribution in [2.24, 2.45) is 5.92 Å². The number of aryl methyl sites for hydroxylation is 1. The smallest absolute Gasteiger partial charge is 0.228 e. The molecular weight excluding hydrogens is 362 g/mol. The maximum Gasteiger partial charge on any atom is 0.228 e. The van der Waals surface area contributed by atoms with E-state index >= 15 is 0 Å². The first-order valence-electron chi connectivity index (χ1n) is 9.81. The number of rotatable bonds is 5. The Bertz CT molecular complexity index is 812. The Balaban J connectivity index is 1.34. The third-order valence-corrected chi connectivity index (χ3v) is 6.06. The summed E-state index contributed by atoms with van der Waals surface area (Å²) >= 11 is 6.27. The van der Waals surface area contributed by atoms with Gasteiger partial charge in [-0.1, -0.05) is 23.7 Å². The topological polar surface area (TPSA) is 49.6 Å². The summed E-state index contributed by atoms with van der Waals surface area (Å²) < 4.78 is 5.88. The maximum absolute atomic E-state index is 11.8. The summed E-state index contributed by atoms with van der Waals surface area (Å²) in [6.07, 6.45) is 4.03. The zero-order chi connectivity index (χ0) is 18.8. The van der Waals surface area contributed by atoms with Crippen LogP contribution in [0.25, 0.3) is 11.5 Å². The summed E-state index contributed by atoms with van der Waals surface area (Å²) in [5.41, 5.74) is 1.82. The Morgan fingerprint density at radius 2 is 2.00 bits per heavy atom. The molecule has 2 aliphatic heterocycles. The minimum atomic E-state index is 0.336. The van der Waals surface area contributed by atoms with Gasteiger partial charge in [-0.2, -0.15) is 0 Å². The number of hydrogen-bond acceptors (Lipinski definition) is 4. The fourth-order valence-corrected chi connectivity index (χ4v) is 4.29. The molecule has 2 fully saturated rings. The van der Waals surface area contributed by atoms with Crippen molar-refractivity contribution in [3.63, 3.8) is 0 Å². The van der Waals surface area contributed by atoms with Crippen molar-refractivity contribution >= 4 is 17.5 Å². The van der Waals surface area contributed by atoms with Crippen LogP contribution in [0.15, 0.2) is 28.7 Å². The number of carbonyl (C=O) groups is 1. The van der Waals surface area contributed by atoms with Crippen molar-refractivity contribution in [3.05, 3.63) is 40.7 Å². The first-order chi connectivity index (χ1) is 13.1. The van der Waals surface area contributed by atoms with E-state index in [1.807, 2.05) is 31.2 Å². The van der Waals surface area contributed by atoms with E-state index in [0.717, 1.165) is 75.4 Å². The number of piperidine rings is 1. The van der Waals surface area contributed by atoms with Crippen LogP contribution in [0.4, 0.5) is 0 Å². The molecule has 5 nitrogen and oxygen atoms in total. The lowest BCUT2D eigenvalue weighted by molar-refractivity contribution is -0.128. The molecule has 1 aromatic carbocycles. The molecule has 0 unspecified atom stereocenters. The SMILES string of the molecule is Cc1oc(-c2ccccc2Cl)nc1CN1CCC(CN2CCCC2=O)CC1. The molecule has 0 spiro atoms. The highest BCUT2D eigenvalue weighted by molar-refractivity contribution is 6.33. The van der Waals surface area contributed by atoms with E-state index in [4.69, 9.17) is 21.0 Å². The van der Waals surface area contributed by atoms with E-state index in [9.17, 15) is 4.79 Å². The molecule has 2 saturated heterocycles. The molecule has 2 aliphatic rings. The number of nitrogens with zero attached hydrogens (tertiary/aromatic N) is 3. The van der Waals surface area contributed by atoms with Gasteiger partial charge in [-0.05, 0) is 57.3 Å². The van der Waals surface area contributed by atoms with Gasteiger partial charge in [0.15, 0.2) is 0 Å². The van der Waals surface area contributed by atoms with Gasteiger partial charge in [0, 0.05) is 26.1 Å². The normalized spacial score (nSPS) is 19.2. The van der Waals surface area contributed by atoms with E-state index in [0.29, 0.717) is 22.7 Å². The van der Waals surface area contributed by atoms with Gasteiger partial charge in [0.25, 0.3) is 0 Å². The van der Waals surface area contributed by atoms with Crippen LogP contribution in [0, 0.1) is 12.8 Å². The highest BCUT2D eigenvalue weighted by Gasteiger charge is 2.27. The number of halogens is 1. The van der Waals surface area contributed by atoms with E-state index in [1.54, 1.807) is 0 Å². The Hall–Kier alpha value is -1.85. The van der Waals surface area contributed by atoms with Crippen LogP contribution in [0.2, 0.25) is 5.02 Å². The van der Waals surface area contributed by atoms with Crippen LogP contribution in [0.1, 0.15) is 37.1 Å². The van der Waals surface area contributed by atoms with Crippen molar-refractivity contribution in [1.82, 2.24) is 14.8 Å². The number of aromatic nitrogens is 1. The standard InChI is InChI=1S/C21H26ClN3O2/c1-15-19(23-21(27-15)17-5-2-3-6-18(17)22)14-24-11-8-16(9-12-24)13-25-10-4-7-20(25)26/h2-3,5-6,16H,4,7-14H2,1H3. The van der Waals surface area contributed by atoms with Gasteiger partial charge in [-0.3, -0.25) is 9.69 Å². The third kappa shape index (κ3) is 4.19. The summed E-state index contributed by atoms with van der Waals surface area (Å²) in [4.78, 5) is 21.0. The van der Waals surface area contributed by atoms with Crippen molar-refractivity contribution in [2.45, 2.75) is 39.2 Å². The molecule has 3 heterocycles. The second-order valence-corrected chi connectivity index (χ2v) is 8.07. The summed E-state index contributed by atoms with van der Waals surface area (Å²) in [5, 5.41) is 0.655. The van der Waals surface area contributed by atoms with E-state index < -0.39 is 0 Å². The van der Waals surface area contributed by atoms with Gasteiger partial charge in [0.05, 0.1) is 16.3 Å². The van der Waals surface area contributed by atoms with Gasteiger partial charge in [0.2, 0.25) is 11.8 Å². The molecule has 144 valence electrons. The van der Waals surface area contributed by atoms with E-state index in [-0.39, 0.29) is 0 Å². The molecule has 0 atom stereocenters. The quantitative estimate of drug-likeness (QED) is 0.773. The van der Waals surface area contributed by atoms with Gasteiger partial charge in [0.1, 0.15) is 5.76 Å². The van der Waals surface area contributed by atoms with Crippen LogP contribution in [0.3, 0.4) is 0 Å². The molecule has 4 rings (SSSR count). The van der Waals surface area contributed by atoms with Crippen molar-refractivity contribution < 1.29 is 9.21 Å². The molecule has 6 heteroatoms. The van der Waals surface area contributed by atoms with Crippen LogP contribution in [0.5, 0.6) is 0 Å². The molecule has 1 amide bonds. The lowest BCUT2D eigenvalue weighted by atomic mass is 9.96. The fourth-order valence-electron chi connectivity index (χ4n) is 4.07. The molecule has 0 saturated carbocycles. The predicted molar refractivity (Wildman–Crippen MR) is 106 cm³/mol. The van der Waals surface area contributed by atoms with E-state index in [1.165, 1.54) is 0 Å². The molecule has 0 bridgehead atoms. The zero-order valence-electron chi connectivity index (χ0n) is 15.8. The van der Waals surface area contributed by atoms with Gasteiger partial charge >= 0.3 is 0 Å². The van der Waals surface area contributed by atoms with E-state index in [2.05, 4.69) is 9.80 Å². The monoisotopic (exact) mass is 387 g/mol. The molecule has 2 aromatic rings. The molecule has 0 radical (unpaired) electrons. The van der Waals surface area contributed by atoms with Crippen molar-refractivity contribution in [3.8, 4) is 11.5 Å². The largest absolute Gasteiger partial charge is 0.441 e. The van der Waals surface area contributed by atoms with Crippen LogP contribution >= 0.6 is 11.6 Å². The summed E-state index contributed by atoms with van der Waals surface area (Å²) in [6, 6.07) is 7.63. The van der Waals surface area contributed by atoms with Crippen molar-refractivity contribution in [1.29, 1.82) is 0 Å². The lowest BCUT2D eigenvalue weighted by Crippen LogP contribution is -2.39. The first kappa shape index (κ1) is 18.5. The number of likely N-dealkylation sites (tertiary alicyclic amines) is 2. The number of amides is 1. The summed E-state index contributed by atoms with van der Waals surface area (Å²) in [6.45, 7) is 6.73. The van der Waals surface area contributed by atoms with Crippen LogP contribution in [-0.2, 0) is 11.3 Å². The molecule has 27 heavy (non-hydrogen) atoms. The number of oxazole rings is 1. The Morgan fingerprint density at radius 1 is 1.22 bits per heavy atom.